The fourth-order valence-electron chi connectivity index (χ4n) is 2.20. The zero-order valence-corrected chi connectivity index (χ0v) is 6.12. The minimum absolute atomic E-state index is 0.348. The lowest BCUT2D eigenvalue weighted by Crippen LogP contribution is -2.33. The van der Waals surface area contributed by atoms with E-state index in [4.69, 9.17) is 0 Å². The van der Waals surface area contributed by atoms with E-state index in [1.807, 2.05) is 0 Å². The summed E-state index contributed by atoms with van der Waals surface area (Å²) in [6.45, 7) is 3.51. The predicted molar refractivity (Wildman–Crippen MR) is 38.7 cm³/mol. The zero-order valence-electron chi connectivity index (χ0n) is 6.12. The third-order valence-corrected chi connectivity index (χ3v) is 2.69. The van der Waals surface area contributed by atoms with Gasteiger partial charge in [0.15, 0.2) is 0 Å². The minimum atomic E-state index is 0.348. The van der Waals surface area contributed by atoms with E-state index in [-0.39, 0.29) is 0 Å². The highest BCUT2D eigenvalue weighted by atomic mass is 16.1. The van der Waals surface area contributed by atoms with Crippen LogP contribution in [-0.2, 0) is 4.79 Å². The second-order valence-corrected chi connectivity index (χ2v) is 3.55. The van der Waals surface area contributed by atoms with Crippen molar-refractivity contribution in [2.45, 2.75) is 12.8 Å². The van der Waals surface area contributed by atoms with E-state index in [9.17, 15) is 4.79 Å². The van der Waals surface area contributed by atoms with Crippen LogP contribution in [-0.4, -0.2) is 30.8 Å². The second kappa shape index (κ2) is 2.35. The average Bonchev–Trinajstić information content (AvgIpc) is 2.30. The first kappa shape index (κ1) is 6.35. The van der Waals surface area contributed by atoms with Crippen molar-refractivity contribution in [1.29, 1.82) is 0 Å². The maximum Gasteiger partial charge on any atom is 0.124 e. The molecular formula is C8H13NO. The first-order chi connectivity index (χ1) is 4.88. The number of fused-ring (bicyclic) bond motifs is 2. The molecule has 2 heteroatoms. The van der Waals surface area contributed by atoms with Gasteiger partial charge in [0.1, 0.15) is 6.29 Å². The van der Waals surface area contributed by atoms with Crippen LogP contribution < -0.4 is 0 Å². The highest BCUT2D eigenvalue weighted by molar-refractivity contribution is 5.54. The Bertz CT molecular complexity index is 134. The molecule has 3 unspecified atom stereocenters. The molecule has 0 aromatic carbocycles. The lowest BCUT2D eigenvalue weighted by Gasteiger charge is -2.26. The second-order valence-electron chi connectivity index (χ2n) is 3.55. The Labute approximate surface area is 61.2 Å². The van der Waals surface area contributed by atoms with Crippen molar-refractivity contribution in [3.63, 3.8) is 0 Å². The highest BCUT2D eigenvalue weighted by Gasteiger charge is 2.31. The molecule has 2 nitrogen and oxygen atoms in total. The van der Waals surface area contributed by atoms with Crippen molar-refractivity contribution in [3.8, 4) is 0 Å². The number of carbonyl (C=O) groups excluding carboxylic acids is 1. The van der Waals surface area contributed by atoms with Gasteiger partial charge in [0.2, 0.25) is 0 Å². The Morgan fingerprint density at radius 3 is 3.00 bits per heavy atom. The molecule has 2 fully saturated rings. The summed E-state index contributed by atoms with van der Waals surface area (Å²) in [7, 11) is 0. The molecule has 0 radical (unpaired) electrons. The van der Waals surface area contributed by atoms with Crippen molar-refractivity contribution in [2.24, 2.45) is 11.8 Å². The van der Waals surface area contributed by atoms with E-state index < -0.39 is 0 Å². The van der Waals surface area contributed by atoms with Crippen LogP contribution >= 0.6 is 0 Å². The maximum absolute atomic E-state index is 10.5. The molecule has 0 spiro atoms. The van der Waals surface area contributed by atoms with Crippen LogP contribution in [0.5, 0.6) is 0 Å². The maximum atomic E-state index is 10.5. The summed E-state index contributed by atoms with van der Waals surface area (Å²) in [5, 5.41) is 0. The first-order valence-electron chi connectivity index (χ1n) is 4.06. The van der Waals surface area contributed by atoms with E-state index in [1.54, 1.807) is 0 Å². The molecule has 3 atom stereocenters. The summed E-state index contributed by atoms with van der Waals surface area (Å²) in [5.41, 5.74) is 0. The van der Waals surface area contributed by atoms with Gasteiger partial charge in [0.25, 0.3) is 0 Å². The van der Waals surface area contributed by atoms with E-state index in [0.717, 1.165) is 25.2 Å². The van der Waals surface area contributed by atoms with Gasteiger partial charge in [0, 0.05) is 19.0 Å². The van der Waals surface area contributed by atoms with Gasteiger partial charge in [-0.15, -0.1) is 0 Å². The number of hydrogen-bond donors (Lipinski definition) is 0. The highest BCUT2D eigenvalue weighted by Crippen LogP contribution is 2.28. The molecule has 56 valence electrons. The number of rotatable bonds is 1. The van der Waals surface area contributed by atoms with E-state index in [0.29, 0.717) is 5.92 Å². The molecule has 0 amide bonds. The third kappa shape index (κ3) is 0.966. The Hall–Kier alpha value is -0.370. The van der Waals surface area contributed by atoms with E-state index in [1.165, 1.54) is 19.5 Å². The monoisotopic (exact) mass is 139 g/mol. The predicted octanol–water partition coefficient (Wildman–Crippen LogP) is 0.527. The number of carbonyl (C=O) groups is 1. The van der Waals surface area contributed by atoms with Crippen LogP contribution in [0.15, 0.2) is 0 Å². The molecule has 2 bridgehead atoms. The van der Waals surface area contributed by atoms with Crippen molar-refractivity contribution >= 4 is 6.29 Å². The van der Waals surface area contributed by atoms with E-state index in [2.05, 4.69) is 4.90 Å². The molecular weight excluding hydrogens is 126 g/mol. The van der Waals surface area contributed by atoms with Crippen LogP contribution in [0.1, 0.15) is 12.8 Å². The fraction of sp³-hybridized carbons (Fsp3) is 0.875. The smallest absolute Gasteiger partial charge is 0.124 e. The lowest BCUT2D eigenvalue weighted by molar-refractivity contribution is -0.112. The molecule has 2 saturated heterocycles. The molecule has 2 aliphatic rings. The van der Waals surface area contributed by atoms with Gasteiger partial charge >= 0.3 is 0 Å². The van der Waals surface area contributed by atoms with Gasteiger partial charge in [-0.1, -0.05) is 0 Å². The van der Waals surface area contributed by atoms with Crippen molar-refractivity contribution in [1.82, 2.24) is 4.90 Å². The number of hydrogen-bond acceptors (Lipinski definition) is 2. The molecule has 0 saturated carbocycles. The zero-order chi connectivity index (χ0) is 6.97. The number of piperidine rings is 1. The van der Waals surface area contributed by atoms with Gasteiger partial charge < -0.3 is 9.69 Å². The van der Waals surface area contributed by atoms with Crippen molar-refractivity contribution in [2.75, 3.05) is 19.6 Å². The summed E-state index contributed by atoms with van der Waals surface area (Å²) >= 11 is 0. The van der Waals surface area contributed by atoms with Crippen molar-refractivity contribution in [3.05, 3.63) is 0 Å². The molecule has 0 aliphatic carbocycles. The summed E-state index contributed by atoms with van der Waals surface area (Å²) in [6.07, 6.45) is 3.61. The van der Waals surface area contributed by atoms with Gasteiger partial charge in [-0.25, -0.2) is 0 Å². The van der Waals surface area contributed by atoms with Crippen molar-refractivity contribution < 1.29 is 4.79 Å². The molecule has 10 heavy (non-hydrogen) atoms. The van der Waals surface area contributed by atoms with Crippen LogP contribution in [0, 0.1) is 11.8 Å². The van der Waals surface area contributed by atoms with Crippen LogP contribution in [0.3, 0.4) is 0 Å². The molecule has 0 aromatic rings. The van der Waals surface area contributed by atoms with Gasteiger partial charge in [-0.2, -0.15) is 0 Å². The van der Waals surface area contributed by atoms with Gasteiger partial charge in [-0.3, -0.25) is 0 Å². The summed E-state index contributed by atoms with van der Waals surface area (Å²) in [5.74, 6) is 1.19. The van der Waals surface area contributed by atoms with Crippen LogP contribution in [0.4, 0.5) is 0 Å². The molecule has 0 aromatic heterocycles. The van der Waals surface area contributed by atoms with Gasteiger partial charge in [-0.05, 0) is 25.3 Å². The Balaban J connectivity index is 2.02. The normalized spacial score (nSPS) is 45.4. The van der Waals surface area contributed by atoms with E-state index >= 15 is 0 Å². The molecule has 0 N–H and O–H groups in total. The molecule has 2 heterocycles. The lowest BCUT2D eigenvalue weighted by atomic mass is 9.93. The van der Waals surface area contributed by atoms with Crippen LogP contribution in [0.25, 0.3) is 0 Å². The van der Waals surface area contributed by atoms with Crippen LogP contribution in [0.2, 0.25) is 0 Å². The quantitative estimate of drug-likeness (QED) is 0.494. The summed E-state index contributed by atoms with van der Waals surface area (Å²) in [4.78, 5) is 12.9. The minimum Gasteiger partial charge on any atom is -0.303 e. The number of aldehydes is 1. The third-order valence-electron chi connectivity index (χ3n) is 2.69. The Morgan fingerprint density at radius 1 is 1.40 bits per heavy atom. The Morgan fingerprint density at radius 2 is 2.30 bits per heavy atom. The summed E-state index contributed by atoms with van der Waals surface area (Å²) < 4.78 is 0. The largest absolute Gasteiger partial charge is 0.303 e. The SMILES string of the molecule is O=CC1CC2CCN(C1)C2. The first-order valence-corrected chi connectivity index (χ1v) is 4.06. The van der Waals surface area contributed by atoms with Gasteiger partial charge in [0.05, 0.1) is 0 Å². The topological polar surface area (TPSA) is 20.3 Å². The number of nitrogens with zero attached hydrogens (tertiary/aromatic N) is 1. The molecule has 2 aliphatic heterocycles. The summed E-state index contributed by atoms with van der Waals surface area (Å²) in [6, 6.07) is 0. The Kier molecular flexibility index (Phi) is 1.49. The fourth-order valence-corrected chi connectivity index (χ4v) is 2.20. The standard InChI is InChI=1S/C8H13NO/c10-6-8-3-7-1-2-9(4-7)5-8/h6-8H,1-5H2. The molecule has 2 rings (SSSR count). The average molecular weight is 139 g/mol.